The fourth-order valence-electron chi connectivity index (χ4n) is 1.88. The lowest BCUT2D eigenvalue weighted by atomic mass is 9.98. The summed E-state index contributed by atoms with van der Waals surface area (Å²) in [6.45, 7) is 9.91. The molecular weight excluding hydrogens is 182 g/mol. The van der Waals surface area contributed by atoms with Crippen LogP contribution in [0.1, 0.15) is 37.5 Å². The Balaban J connectivity index is 2.32. The van der Waals surface area contributed by atoms with E-state index in [1.54, 1.807) is 0 Å². The molecule has 0 aliphatic carbocycles. The Labute approximate surface area is 92.4 Å². The first kappa shape index (κ1) is 10.3. The highest BCUT2D eigenvalue weighted by Gasteiger charge is 2.21. The van der Waals surface area contributed by atoms with E-state index in [2.05, 4.69) is 63.1 Å². The topological polar surface area (TPSA) is 3.24 Å². The molecule has 2 rings (SSSR count). The van der Waals surface area contributed by atoms with Crippen LogP contribution in [0, 0.1) is 6.92 Å². The summed E-state index contributed by atoms with van der Waals surface area (Å²) < 4.78 is 0. The van der Waals surface area contributed by atoms with Crippen LogP contribution in [0.2, 0.25) is 0 Å². The lowest BCUT2D eigenvalue weighted by Gasteiger charge is -2.37. The van der Waals surface area contributed by atoms with E-state index in [4.69, 9.17) is 0 Å². The molecule has 0 unspecified atom stereocenters. The molecule has 0 saturated carbocycles. The lowest BCUT2D eigenvalue weighted by Crippen LogP contribution is -2.37. The Kier molecular flexibility index (Phi) is 2.34. The fourth-order valence-corrected chi connectivity index (χ4v) is 1.88. The summed E-state index contributed by atoms with van der Waals surface area (Å²) in [6.07, 6.45) is 4.43. The van der Waals surface area contributed by atoms with Gasteiger partial charge in [-0.3, -0.25) is 0 Å². The van der Waals surface area contributed by atoms with E-state index < -0.39 is 0 Å². The second-order valence-electron chi connectivity index (χ2n) is 5.32. The van der Waals surface area contributed by atoms with Crippen molar-refractivity contribution in [3.05, 3.63) is 41.1 Å². The van der Waals surface area contributed by atoms with Crippen LogP contribution < -0.4 is 0 Å². The summed E-state index contributed by atoms with van der Waals surface area (Å²) in [4.78, 5) is 2.38. The molecule has 1 nitrogen and oxygen atoms in total. The Morgan fingerprint density at radius 3 is 2.60 bits per heavy atom. The zero-order valence-corrected chi connectivity index (χ0v) is 10.0. The largest absolute Gasteiger partial charge is 0.368 e. The van der Waals surface area contributed by atoms with Gasteiger partial charge in [-0.15, -0.1) is 0 Å². The molecule has 1 aromatic carbocycles. The van der Waals surface area contributed by atoms with Gasteiger partial charge >= 0.3 is 0 Å². The van der Waals surface area contributed by atoms with Gasteiger partial charge in [0.15, 0.2) is 0 Å². The maximum atomic E-state index is 2.38. The highest BCUT2D eigenvalue weighted by atomic mass is 15.2. The molecule has 1 heteroatoms. The van der Waals surface area contributed by atoms with Crippen molar-refractivity contribution < 1.29 is 0 Å². The van der Waals surface area contributed by atoms with E-state index in [9.17, 15) is 0 Å². The number of fused-ring (bicyclic) bond motifs is 1. The van der Waals surface area contributed by atoms with E-state index in [0.717, 1.165) is 6.54 Å². The monoisotopic (exact) mass is 201 g/mol. The molecule has 0 bridgehead atoms. The number of aryl methyl sites for hydroxylation is 1. The molecular formula is C14H19N. The van der Waals surface area contributed by atoms with Gasteiger partial charge in [0.05, 0.1) is 0 Å². The van der Waals surface area contributed by atoms with Crippen molar-refractivity contribution in [2.24, 2.45) is 0 Å². The minimum atomic E-state index is 0.207. The number of rotatable bonds is 0. The van der Waals surface area contributed by atoms with Gasteiger partial charge in [0.1, 0.15) is 0 Å². The van der Waals surface area contributed by atoms with Gasteiger partial charge in [-0.2, -0.15) is 0 Å². The highest BCUT2D eigenvalue weighted by molar-refractivity contribution is 5.56. The van der Waals surface area contributed by atoms with E-state index >= 15 is 0 Å². The van der Waals surface area contributed by atoms with Gasteiger partial charge in [-0.1, -0.05) is 23.8 Å². The lowest BCUT2D eigenvalue weighted by molar-refractivity contribution is 0.196. The Bertz CT molecular complexity index is 396. The average molecular weight is 201 g/mol. The first-order chi connectivity index (χ1) is 6.97. The molecule has 1 aliphatic rings. The zero-order chi connectivity index (χ0) is 11.1. The molecule has 0 N–H and O–H groups in total. The van der Waals surface area contributed by atoms with Gasteiger partial charge in [0.25, 0.3) is 0 Å². The van der Waals surface area contributed by atoms with Crippen molar-refractivity contribution in [2.75, 3.05) is 0 Å². The first-order valence-corrected chi connectivity index (χ1v) is 5.51. The van der Waals surface area contributed by atoms with Crippen LogP contribution in [0.5, 0.6) is 0 Å². The van der Waals surface area contributed by atoms with Crippen LogP contribution in [0.15, 0.2) is 24.4 Å². The summed E-state index contributed by atoms with van der Waals surface area (Å²) in [5.41, 5.74) is 4.34. The minimum absolute atomic E-state index is 0.207. The zero-order valence-electron chi connectivity index (χ0n) is 10.0. The smallest absolute Gasteiger partial charge is 0.0435 e. The third-order valence-corrected chi connectivity index (χ3v) is 2.94. The molecule has 0 amide bonds. The molecule has 0 atom stereocenters. The van der Waals surface area contributed by atoms with Crippen LogP contribution in [0.4, 0.5) is 0 Å². The first-order valence-electron chi connectivity index (χ1n) is 5.51. The Morgan fingerprint density at radius 2 is 1.93 bits per heavy atom. The van der Waals surface area contributed by atoms with E-state index in [0.29, 0.717) is 0 Å². The molecule has 0 saturated heterocycles. The van der Waals surface area contributed by atoms with Crippen molar-refractivity contribution in [3.8, 4) is 0 Å². The Hall–Kier alpha value is -1.24. The predicted molar refractivity (Wildman–Crippen MR) is 65.5 cm³/mol. The Morgan fingerprint density at radius 1 is 1.20 bits per heavy atom. The predicted octanol–water partition coefficient (Wildman–Crippen LogP) is 3.58. The standard InChI is InChI=1S/C14H19N/c1-11-5-6-13-10-15(14(2,3)4)8-7-12(13)9-11/h5-9H,10H2,1-4H3. The molecule has 0 radical (unpaired) electrons. The molecule has 1 heterocycles. The molecule has 0 aromatic heterocycles. The van der Waals surface area contributed by atoms with Gasteiger partial charge in [-0.05, 0) is 44.9 Å². The maximum absolute atomic E-state index is 2.38. The molecule has 0 spiro atoms. The third kappa shape index (κ3) is 2.06. The van der Waals surface area contributed by atoms with Crippen LogP contribution in [0.3, 0.4) is 0 Å². The van der Waals surface area contributed by atoms with Crippen LogP contribution in [-0.4, -0.2) is 10.4 Å². The molecule has 15 heavy (non-hydrogen) atoms. The highest BCUT2D eigenvalue weighted by Crippen LogP contribution is 2.26. The van der Waals surface area contributed by atoms with Crippen molar-refractivity contribution in [1.29, 1.82) is 0 Å². The second kappa shape index (κ2) is 3.41. The van der Waals surface area contributed by atoms with E-state index in [1.807, 2.05) is 0 Å². The van der Waals surface area contributed by atoms with Crippen LogP contribution >= 0.6 is 0 Å². The van der Waals surface area contributed by atoms with Crippen molar-refractivity contribution in [3.63, 3.8) is 0 Å². The van der Waals surface area contributed by atoms with Crippen LogP contribution in [0.25, 0.3) is 6.08 Å². The SMILES string of the molecule is Cc1ccc2c(c1)C=CN(C(C)(C)C)C2. The van der Waals surface area contributed by atoms with E-state index in [-0.39, 0.29) is 5.54 Å². The number of benzene rings is 1. The second-order valence-corrected chi connectivity index (χ2v) is 5.32. The normalized spacial score (nSPS) is 15.3. The van der Waals surface area contributed by atoms with Gasteiger partial charge in [0, 0.05) is 18.3 Å². The van der Waals surface area contributed by atoms with Gasteiger partial charge in [0.2, 0.25) is 0 Å². The van der Waals surface area contributed by atoms with Gasteiger partial charge in [-0.25, -0.2) is 0 Å². The minimum Gasteiger partial charge on any atom is -0.368 e. The summed E-state index contributed by atoms with van der Waals surface area (Å²) in [7, 11) is 0. The van der Waals surface area contributed by atoms with Gasteiger partial charge < -0.3 is 4.90 Å². The summed E-state index contributed by atoms with van der Waals surface area (Å²) >= 11 is 0. The molecule has 0 fully saturated rings. The molecule has 1 aromatic rings. The quantitative estimate of drug-likeness (QED) is 0.620. The fraction of sp³-hybridized carbons (Fsp3) is 0.429. The number of hydrogen-bond donors (Lipinski definition) is 0. The number of hydrogen-bond acceptors (Lipinski definition) is 1. The van der Waals surface area contributed by atoms with Crippen LogP contribution in [-0.2, 0) is 6.54 Å². The summed E-state index contributed by atoms with van der Waals surface area (Å²) in [5.74, 6) is 0. The summed E-state index contributed by atoms with van der Waals surface area (Å²) in [6, 6.07) is 6.69. The van der Waals surface area contributed by atoms with Crippen molar-refractivity contribution >= 4 is 6.08 Å². The maximum Gasteiger partial charge on any atom is 0.0435 e. The molecule has 1 aliphatic heterocycles. The van der Waals surface area contributed by atoms with Crippen molar-refractivity contribution in [2.45, 2.75) is 39.8 Å². The average Bonchev–Trinajstić information content (AvgIpc) is 2.15. The number of nitrogens with zero attached hydrogens (tertiary/aromatic N) is 1. The van der Waals surface area contributed by atoms with Crippen molar-refractivity contribution in [1.82, 2.24) is 4.90 Å². The molecule has 80 valence electrons. The summed E-state index contributed by atoms with van der Waals surface area (Å²) in [5, 5.41) is 0. The third-order valence-electron chi connectivity index (χ3n) is 2.94. The van der Waals surface area contributed by atoms with E-state index in [1.165, 1.54) is 16.7 Å².